The largest absolute Gasteiger partial charge is 0.369 e. The van der Waals surface area contributed by atoms with Crippen molar-refractivity contribution in [1.82, 2.24) is 19.8 Å². The molecule has 0 spiro atoms. The van der Waals surface area contributed by atoms with Gasteiger partial charge >= 0.3 is 0 Å². The monoisotopic (exact) mass is 291 g/mol. The van der Waals surface area contributed by atoms with E-state index >= 15 is 0 Å². The molecule has 0 aliphatic heterocycles. The maximum atomic E-state index is 4.51. The second kappa shape index (κ2) is 7.18. The van der Waals surface area contributed by atoms with E-state index in [0.29, 0.717) is 5.54 Å². The first kappa shape index (κ1) is 16.2. The van der Waals surface area contributed by atoms with Crippen molar-refractivity contribution in [1.29, 1.82) is 0 Å². The fourth-order valence-electron chi connectivity index (χ4n) is 2.95. The Bertz CT molecular complexity index is 425. The van der Waals surface area contributed by atoms with Crippen molar-refractivity contribution in [3.05, 3.63) is 18.1 Å². The molecule has 1 aromatic heterocycles. The van der Waals surface area contributed by atoms with Crippen molar-refractivity contribution in [3.63, 3.8) is 0 Å². The Morgan fingerprint density at radius 3 is 2.43 bits per heavy atom. The quantitative estimate of drug-likeness (QED) is 0.795. The lowest BCUT2D eigenvalue weighted by atomic mass is 9.75. The highest BCUT2D eigenvalue weighted by atomic mass is 15.2. The number of hydrogen-bond donors (Lipinski definition) is 1. The van der Waals surface area contributed by atoms with Gasteiger partial charge in [0.1, 0.15) is 5.82 Å². The van der Waals surface area contributed by atoms with Gasteiger partial charge in [-0.3, -0.25) is 9.88 Å². The Morgan fingerprint density at radius 1 is 1.19 bits per heavy atom. The summed E-state index contributed by atoms with van der Waals surface area (Å²) in [7, 11) is 6.57. The van der Waals surface area contributed by atoms with Gasteiger partial charge in [-0.2, -0.15) is 0 Å². The second-order valence-corrected chi connectivity index (χ2v) is 6.46. The zero-order valence-corrected chi connectivity index (χ0v) is 13.9. The van der Waals surface area contributed by atoms with Gasteiger partial charge in [0.05, 0.1) is 18.1 Å². The van der Waals surface area contributed by atoms with Crippen molar-refractivity contribution >= 4 is 5.82 Å². The zero-order valence-electron chi connectivity index (χ0n) is 13.9. The normalized spacial score (nSPS) is 17.0. The molecule has 1 heterocycles. The van der Waals surface area contributed by atoms with Crippen molar-refractivity contribution in [2.75, 3.05) is 39.5 Å². The second-order valence-electron chi connectivity index (χ2n) is 6.46. The smallest absolute Gasteiger partial charge is 0.144 e. The van der Waals surface area contributed by atoms with E-state index in [1.165, 1.54) is 19.3 Å². The molecular formula is C16H29N5. The van der Waals surface area contributed by atoms with Gasteiger partial charge in [-0.15, -0.1) is 0 Å². The van der Waals surface area contributed by atoms with Gasteiger partial charge < -0.3 is 10.2 Å². The van der Waals surface area contributed by atoms with E-state index in [2.05, 4.69) is 53.2 Å². The number of likely N-dealkylation sites (N-methyl/N-ethyl adjacent to an activating group) is 2. The maximum Gasteiger partial charge on any atom is 0.144 e. The van der Waals surface area contributed by atoms with E-state index in [1.807, 2.05) is 12.4 Å². The zero-order chi connectivity index (χ0) is 15.3. The van der Waals surface area contributed by atoms with E-state index < -0.39 is 0 Å². The molecule has 0 bridgehead atoms. The van der Waals surface area contributed by atoms with E-state index in [1.54, 1.807) is 0 Å². The highest BCUT2D eigenvalue weighted by Gasteiger charge is 2.39. The molecule has 1 saturated carbocycles. The number of anilines is 1. The van der Waals surface area contributed by atoms with Gasteiger partial charge in [-0.25, -0.2) is 4.98 Å². The Balaban J connectivity index is 1.86. The number of nitrogens with zero attached hydrogens (tertiary/aromatic N) is 4. The lowest BCUT2D eigenvalue weighted by Crippen LogP contribution is -2.56. The summed E-state index contributed by atoms with van der Waals surface area (Å²) in [6.07, 6.45) is 8.77. The number of hydrogen-bond acceptors (Lipinski definition) is 5. The molecule has 1 fully saturated rings. The van der Waals surface area contributed by atoms with Crippen LogP contribution in [0.3, 0.4) is 0 Å². The molecule has 0 saturated heterocycles. The molecule has 5 nitrogen and oxygen atoms in total. The number of aromatic nitrogens is 2. The highest BCUT2D eigenvalue weighted by molar-refractivity contribution is 5.30. The van der Waals surface area contributed by atoms with Crippen LogP contribution in [0.5, 0.6) is 0 Å². The SMILES string of the molecule is CCCNc1cnc(CN(C)CC2(N(C)C)CCC2)cn1. The summed E-state index contributed by atoms with van der Waals surface area (Å²) in [5.74, 6) is 0.868. The lowest BCUT2D eigenvalue weighted by Gasteiger charge is -2.49. The van der Waals surface area contributed by atoms with E-state index in [9.17, 15) is 0 Å². The summed E-state index contributed by atoms with van der Waals surface area (Å²) in [6.45, 7) is 5.04. The topological polar surface area (TPSA) is 44.3 Å². The Labute approximate surface area is 128 Å². The van der Waals surface area contributed by atoms with Crippen LogP contribution in [-0.4, -0.2) is 59.5 Å². The summed E-state index contributed by atoms with van der Waals surface area (Å²) >= 11 is 0. The molecule has 0 amide bonds. The first-order chi connectivity index (χ1) is 10.1. The van der Waals surface area contributed by atoms with Gasteiger partial charge in [0.2, 0.25) is 0 Å². The third-order valence-corrected chi connectivity index (χ3v) is 4.49. The van der Waals surface area contributed by atoms with Gasteiger partial charge in [0.25, 0.3) is 0 Å². The van der Waals surface area contributed by atoms with E-state index in [-0.39, 0.29) is 0 Å². The first-order valence-electron chi connectivity index (χ1n) is 7.96. The van der Waals surface area contributed by atoms with Gasteiger partial charge in [0, 0.05) is 25.2 Å². The van der Waals surface area contributed by atoms with Crippen LogP contribution in [-0.2, 0) is 6.54 Å². The lowest BCUT2D eigenvalue weighted by molar-refractivity contribution is 0.0256. The average Bonchev–Trinajstić information content (AvgIpc) is 2.41. The molecule has 21 heavy (non-hydrogen) atoms. The predicted molar refractivity (Wildman–Crippen MR) is 87.4 cm³/mol. The molecular weight excluding hydrogens is 262 g/mol. The first-order valence-corrected chi connectivity index (χ1v) is 7.96. The average molecular weight is 291 g/mol. The summed E-state index contributed by atoms with van der Waals surface area (Å²) in [5.41, 5.74) is 1.40. The molecule has 0 unspecified atom stereocenters. The summed E-state index contributed by atoms with van der Waals surface area (Å²) < 4.78 is 0. The molecule has 2 rings (SSSR count). The van der Waals surface area contributed by atoms with Crippen molar-refractivity contribution in [2.45, 2.75) is 44.7 Å². The van der Waals surface area contributed by atoms with Crippen molar-refractivity contribution < 1.29 is 0 Å². The van der Waals surface area contributed by atoms with Crippen LogP contribution >= 0.6 is 0 Å². The fraction of sp³-hybridized carbons (Fsp3) is 0.750. The molecule has 1 N–H and O–H groups in total. The molecule has 0 radical (unpaired) electrons. The number of rotatable bonds is 8. The third kappa shape index (κ3) is 4.14. The fourth-order valence-corrected chi connectivity index (χ4v) is 2.95. The van der Waals surface area contributed by atoms with Crippen LogP contribution < -0.4 is 5.32 Å². The number of nitrogens with one attached hydrogen (secondary N) is 1. The molecule has 1 aliphatic carbocycles. The standard InChI is InChI=1S/C16H29N5/c1-5-9-17-15-11-18-14(10-19-15)12-21(4)13-16(20(2)3)7-6-8-16/h10-11H,5-9,12-13H2,1-4H3,(H,17,19). The molecule has 0 aromatic carbocycles. The Hall–Kier alpha value is -1.20. The molecule has 118 valence electrons. The minimum Gasteiger partial charge on any atom is -0.369 e. The Kier molecular flexibility index (Phi) is 5.53. The highest BCUT2D eigenvalue weighted by Crippen LogP contribution is 2.36. The summed E-state index contributed by atoms with van der Waals surface area (Å²) in [4.78, 5) is 13.7. The minimum absolute atomic E-state index is 0.366. The van der Waals surface area contributed by atoms with Crippen molar-refractivity contribution in [3.8, 4) is 0 Å². The van der Waals surface area contributed by atoms with Crippen LogP contribution in [0, 0.1) is 0 Å². The van der Waals surface area contributed by atoms with Gasteiger partial charge in [-0.05, 0) is 46.8 Å². The Morgan fingerprint density at radius 2 is 1.95 bits per heavy atom. The van der Waals surface area contributed by atoms with Gasteiger partial charge in [0.15, 0.2) is 0 Å². The van der Waals surface area contributed by atoms with Gasteiger partial charge in [-0.1, -0.05) is 6.92 Å². The maximum absolute atomic E-state index is 4.51. The molecule has 1 aliphatic rings. The van der Waals surface area contributed by atoms with Crippen LogP contribution in [0.25, 0.3) is 0 Å². The van der Waals surface area contributed by atoms with E-state index in [0.717, 1.165) is 37.6 Å². The predicted octanol–water partition coefficient (Wildman–Crippen LogP) is 2.21. The van der Waals surface area contributed by atoms with E-state index in [4.69, 9.17) is 0 Å². The molecule has 1 aromatic rings. The van der Waals surface area contributed by atoms with Crippen LogP contribution in [0.4, 0.5) is 5.82 Å². The van der Waals surface area contributed by atoms with Crippen LogP contribution in [0.1, 0.15) is 38.3 Å². The van der Waals surface area contributed by atoms with Crippen LogP contribution in [0.15, 0.2) is 12.4 Å². The summed E-state index contributed by atoms with van der Waals surface area (Å²) in [6, 6.07) is 0. The van der Waals surface area contributed by atoms with Crippen molar-refractivity contribution in [2.24, 2.45) is 0 Å². The molecule has 0 atom stereocenters. The summed E-state index contributed by atoms with van der Waals surface area (Å²) in [5, 5.41) is 3.25. The third-order valence-electron chi connectivity index (χ3n) is 4.49. The van der Waals surface area contributed by atoms with Crippen LogP contribution in [0.2, 0.25) is 0 Å². The minimum atomic E-state index is 0.366. The molecule has 5 heteroatoms.